The number of carbonyl (C=O) groups is 1. The quantitative estimate of drug-likeness (QED) is 0.721. The summed E-state index contributed by atoms with van der Waals surface area (Å²) >= 11 is 0. The maximum atomic E-state index is 11.2. The standard InChI is InChI=1S/C16H15N3O3/c1-22-14-7-6-10(8-11(14)17)16-18-12-4-2-3-5-13(12)19(16)9-15(20)21/h2-8H,9,17H2,1H3,(H,20,21). The zero-order chi connectivity index (χ0) is 15.7. The topological polar surface area (TPSA) is 90.4 Å². The number of aliphatic carboxylic acids is 1. The number of hydrogen-bond donors (Lipinski definition) is 2. The minimum absolute atomic E-state index is 0.165. The van der Waals surface area contributed by atoms with Crippen LogP contribution in [-0.2, 0) is 11.3 Å². The fourth-order valence-corrected chi connectivity index (χ4v) is 2.46. The summed E-state index contributed by atoms with van der Waals surface area (Å²) in [6.07, 6.45) is 0. The van der Waals surface area contributed by atoms with Crippen LogP contribution in [0.3, 0.4) is 0 Å². The van der Waals surface area contributed by atoms with Gasteiger partial charge in [0.2, 0.25) is 0 Å². The molecule has 0 spiro atoms. The molecule has 0 aliphatic heterocycles. The van der Waals surface area contributed by atoms with E-state index in [9.17, 15) is 4.79 Å². The number of methoxy groups -OCH3 is 1. The largest absolute Gasteiger partial charge is 0.495 e. The first-order chi connectivity index (χ1) is 10.6. The van der Waals surface area contributed by atoms with Crippen LogP contribution >= 0.6 is 0 Å². The Hall–Kier alpha value is -3.02. The zero-order valence-corrected chi connectivity index (χ0v) is 12.0. The number of nitrogens with two attached hydrogens (primary N) is 1. The molecule has 112 valence electrons. The van der Waals surface area contributed by atoms with Crippen LogP contribution in [0.5, 0.6) is 5.75 Å². The predicted octanol–water partition coefficient (Wildman–Crippen LogP) is 2.38. The first-order valence-electron chi connectivity index (χ1n) is 6.71. The molecule has 0 amide bonds. The summed E-state index contributed by atoms with van der Waals surface area (Å²) < 4.78 is 6.81. The SMILES string of the molecule is COc1ccc(-c2nc3ccccc3n2CC(=O)O)cc1N. The van der Waals surface area contributed by atoms with Crippen LogP contribution in [0, 0.1) is 0 Å². The van der Waals surface area contributed by atoms with Crippen molar-refractivity contribution in [2.45, 2.75) is 6.54 Å². The minimum atomic E-state index is -0.925. The molecule has 1 heterocycles. The smallest absolute Gasteiger partial charge is 0.323 e. The van der Waals surface area contributed by atoms with E-state index >= 15 is 0 Å². The Morgan fingerprint density at radius 3 is 2.77 bits per heavy atom. The zero-order valence-electron chi connectivity index (χ0n) is 12.0. The fourth-order valence-electron chi connectivity index (χ4n) is 2.46. The van der Waals surface area contributed by atoms with Crippen molar-refractivity contribution in [2.75, 3.05) is 12.8 Å². The van der Waals surface area contributed by atoms with E-state index in [1.807, 2.05) is 30.3 Å². The molecule has 22 heavy (non-hydrogen) atoms. The van der Waals surface area contributed by atoms with Gasteiger partial charge in [-0.3, -0.25) is 4.79 Å². The monoisotopic (exact) mass is 297 g/mol. The molecule has 0 unspecified atom stereocenters. The Kier molecular flexibility index (Phi) is 3.42. The van der Waals surface area contributed by atoms with Crippen LogP contribution in [0.15, 0.2) is 42.5 Å². The maximum Gasteiger partial charge on any atom is 0.323 e. The second-order valence-corrected chi connectivity index (χ2v) is 4.86. The molecule has 0 saturated heterocycles. The Labute approximate surface area is 126 Å². The fraction of sp³-hybridized carbons (Fsp3) is 0.125. The number of imidazole rings is 1. The van der Waals surface area contributed by atoms with Gasteiger partial charge in [-0.2, -0.15) is 0 Å². The van der Waals surface area contributed by atoms with Crippen LogP contribution in [0.4, 0.5) is 5.69 Å². The summed E-state index contributed by atoms with van der Waals surface area (Å²) in [6.45, 7) is -0.165. The van der Waals surface area contributed by atoms with Crippen LogP contribution in [0.25, 0.3) is 22.4 Å². The van der Waals surface area contributed by atoms with Crippen LogP contribution < -0.4 is 10.5 Å². The number of rotatable bonds is 4. The third kappa shape index (κ3) is 2.35. The van der Waals surface area contributed by atoms with Gasteiger partial charge in [0.25, 0.3) is 0 Å². The average Bonchev–Trinajstić information content (AvgIpc) is 2.85. The molecule has 0 radical (unpaired) electrons. The van der Waals surface area contributed by atoms with E-state index in [1.54, 1.807) is 23.8 Å². The lowest BCUT2D eigenvalue weighted by atomic mass is 10.1. The third-order valence-electron chi connectivity index (χ3n) is 3.44. The van der Waals surface area contributed by atoms with E-state index in [0.29, 0.717) is 17.3 Å². The molecule has 0 atom stereocenters. The van der Waals surface area contributed by atoms with Crippen LogP contribution in [0.2, 0.25) is 0 Å². The molecule has 2 aromatic carbocycles. The number of nitrogen functional groups attached to an aromatic ring is 1. The van der Waals surface area contributed by atoms with Crippen LogP contribution in [0.1, 0.15) is 0 Å². The highest BCUT2D eigenvalue weighted by atomic mass is 16.5. The molecule has 6 heteroatoms. The van der Waals surface area contributed by atoms with Crippen molar-refractivity contribution in [3.05, 3.63) is 42.5 Å². The lowest BCUT2D eigenvalue weighted by molar-refractivity contribution is -0.137. The number of aromatic nitrogens is 2. The van der Waals surface area contributed by atoms with Gasteiger partial charge in [-0.15, -0.1) is 0 Å². The Morgan fingerprint density at radius 1 is 1.32 bits per heavy atom. The van der Waals surface area contributed by atoms with Crippen molar-refractivity contribution in [3.63, 3.8) is 0 Å². The molecule has 6 nitrogen and oxygen atoms in total. The molecule has 0 saturated carbocycles. The molecular weight excluding hydrogens is 282 g/mol. The third-order valence-corrected chi connectivity index (χ3v) is 3.44. The van der Waals surface area contributed by atoms with Crippen molar-refractivity contribution in [1.82, 2.24) is 9.55 Å². The first kappa shape index (κ1) is 13.9. The van der Waals surface area contributed by atoms with Crippen molar-refractivity contribution in [2.24, 2.45) is 0 Å². The number of nitrogens with zero attached hydrogens (tertiary/aromatic N) is 2. The molecule has 0 aliphatic carbocycles. The van der Waals surface area contributed by atoms with Gasteiger partial charge < -0.3 is 20.1 Å². The summed E-state index contributed by atoms with van der Waals surface area (Å²) in [4.78, 5) is 15.7. The summed E-state index contributed by atoms with van der Waals surface area (Å²) in [6, 6.07) is 12.7. The van der Waals surface area contributed by atoms with Gasteiger partial charge in [0.15, 0.2) is 0 Å². The summed E-state index contributed by atoms with van der Waals surface area (Å²) in [5.74, 6) is 0.216. The van der Waals surface area contributed by atoms with Crippen molar-refractivity contribution in [1.29, 1.82) is 0 Å². The van der Waals surface area contributed by atoms with E-state index in [-0.39, 0.29) is 6.54 Å². The molecule has 3 N–H and O–H groups in total. The number of ether oxygens (including phenoxy) is 1. The number of fused-ring (bicyclic) bond motifs is 1. The number of benzene rings is 2. The highest BCUT2D eigenvalue weighted by Crippen LogP contribution is 2.30. The lowest BCUT2D eigenvalue weighted by Gasteiger charge is -2.09. The second kappa shape index (κ2) is 5.40. The molecule has 3 aromatic rings. The summed E-state index contributed by atoms with van der Waals surface area (Å²) in [5, 5.41) is 9.16. The molecule has 1 aromatic heterocycles. The second-order valence-electron chi connectivity index (χ2n) is 4.86. The van der Waals surface area contributed by atoms with Gasteiger partial charge in [0.1, 0.15) is 18.1 Å². The highest BCUT2D eigenvalue weighted by molar-refractivity contribution is 5.83. The van der Waals surface area contributed by atoms with E-state index in [4.69, 9.17) is 15.6 Å². The van der Waals surface area contributed by atoms with Gasteiger partial charge >= 0.3 is 5.97 Å². The average molecular weight is 297 g/mol. The van der Waals surface area contributed by atoms with Crippen molar-refractivity contribution in [3.8, 4) is 17.1 Å². The molecule has 0 fully saturated rings. The predicted molar refractivity (Wildman–Crippen MR) is 83.8 cm³/mol. The van der Waals surface area contributed by atoms with Gasteiger partial charge in [0.05, 0.1) is 23.8 Å². The normalized spacial score (nSPS) is 10.8. The number of carboxylic acids is 1. The van der Waals surface area contributed by atoms with E-state index in [0.717, 1.165) is 16.6 Å². The summed E-state index contributed by atoms with van der Waals surface area (Å²) in [7, 11) is 1.55. The Morgan fingerprint density at radius 2 is 2.09 bits per heavy atom. The number of para-hydroxylation sites is 2. The van der Waals surface area contributed by atoms with Crippen molar-refractivity contribution >= 4 is 22.7 Å². The lowest BCUT2D eigenvalue weighted by Crippen LogP contribution is -2.10. The Bertz CT molecular complexity index is 855. The number of anilines is 1. The van der Waals surface area contributed by atoms with Crippen LogP contribution in [-0.4, -0.2) is 27.7 Å². The van der Waals surface area contributed by atoms with Crippen molar-refractivity contribution < 1.29 is 14.6 Å². The first-order valence-corrected chi connectivity index (χ1v) is 6.71. The van der Waals surface area contributed by atoms with Gasteiger partial charge in [-0.1, -0.05) is 12.1 Å². The highest BCUT2D eigenvalue weighted by Gasteiger charge is 2.15. The van der Waals surface area contributed by atoms with Gasteiger partial charge in [0, 0.05) is 5.56 Å². The summed E-state index contributed by atoms with van der Waals surface area (Å²) in [5.41, 5.74) is 8.68. The van der Waals surface area contributed by atoms with Gasteiger partial charge in [-0.05, 0) is 30.3 Å². The molecule has 3 rings (SSSR count). The molecule has 0 aliphatic rings. The molecule has 0 bridgehead atoms. The van der Waals surface area contributed by atoms with E-state index in [1.165, 1.54) is 0 Å². The maximum absolute atomic E-state index is 11.2. The van der Waals surface area contributed by atoms with E-state index in [2.05, 4.69) is 4.98 Å². The number of carboxylic acid groups (broad SMARTS) is 1. The van der Waals surface area contributed by atoms with E-state index < -0.39 is 5.97 Å². The minimum Gasteiger partial charge on any atom is -0.495 e. The molecular formula is C16H15N3O3. The number of hydrogen-bond acceptors (Lipinski definition) is 4. The van der Waals surface area contributed by atoms with Gasteiger partial charge in [-0.25, -0.2) is 4.98 Å². The Balaban J connectivity index is 2.21.